The minimum absolute atomic E-state index is 0.126. The minimum Gasteiger partial charge on any atom is -0.299 e. The highest BCUT2D eigenvalue weighted by atomic mass is 32.2. The lowest BCUT2D eigenvalue weighted by Gasteiger charge is -2.23. The first-order valence-corrected chi connectivity index (χ1v) is 7.99. The van der Waals surface area contributed by atoms with Gasteiger partial charge in [0.2, 0.25) is 10.0 Å². The van der Waals surface area contributed by atoms with E-state index in [1.54, 1.807) is 0 Å². The molecule has 0 bridgehead atoms. The van der Waals surface area contributed by atoms with Gasteiger partial charge < -0.3 is 0 Å². The van der Waals surface area contributed by atoms with Gasteiger partial charge in [-0.25, -0.2) is 13.6 Å². The topological polar surface area (TPSA) is 63.4 Å². The molecule has 96 valence electrons. The van der Waals surface area contributed by atoms with Gasteiger partial charge in [-0.05, 0) is 32.4 Å². The van der Waals surface area contributed by atoms with Crippen molar-refractivity contribution >= 4 is 10.0 Å². The summed E-state index contributed by atoms with van der Waals surface area (Å²) in [4.78, 5) is 2.29. The van der Waals surface area contributed by atoms with Crippen LogP contribution in [0, 0.1) is 0 Å². The van der Waals surface area contributed by atoms with Crippen LogP contribution in [0.15, 0.2) is 0 Å². The van der Waals surface area contributed by atoms with E-state index in [1.165, 1.54) is 25.7 Å². The summed E-state index contributed by atoms with van der Waals surface area (Å²) in [5, 5.41) is 5.10. The van der Waals surface area contributed by atoms with Crippen LogP contribution in [-0.2, 0) is 10.0 Å². The molecule has 0 saturated carbocycles. The predicted octanol–water partition coefficient (Wildman–Crippen LogP) is 1.32. The van der Waals surface area contributed by atoms with Gasteiger partial charge in [-0.1, -0.05) is 26.2 Å². The van der Waals surface area contributed by atoms with Crippen LogP contribution in [0.5, 0.6) is 0 Å². The van der Waals surface area contributed by atoms with Crippen LogP contribution in [0.4, 0.5) is 0 Å². The van der Waals surface area contributed by atoms with E-state index in [0.717, 1.165) is 25.9 Å². The number of hydrogen-bond donors (Lipinski definition) is 1. The Hall–Kier alpha value is -0.130. The van der Waals surface area contributed by atoms with Crippen LogP contribution in [0.3, 0.4) is 0 Å². The number of hydrogen-bond acceptors (Lipinski definition) is 3. The smallest absolute Gasteiger partial charge is 0.210 e. The van der Waals surface area contributed by atoms with Crippen molar-refractivity contribution in [2.45, 2.75) is 51.5 Å². The molecule has 1 fully saturated rings. The van der Waals surface area contributed by atoms with Gasteiger partial charge in [0, 0.05) is 6.04 Å². The molecule has 0 aromatic rings. The molecule has 1 heterocycles. The Balaban J connectivity index is 2.29. The van der Waals surface area contributed by atoms with Crippen molar-refractivity contribution in [3.63, 3.8) is 0 Å². The fourth-order valence-corrected chi connectivity index (χ4v) is 3.30. The van der Waals surface area contributed by atoms with Gasteiger partial charge in [0.1, 0.15) is 0 Å². The monoisotopic (exact) mass is 248 g/mol. The van der Waals surface area contributed by atoms with Crippen LogP contribution in [0.2, 0.25) is 0 Å². The molecule has 0 amide bonds. The highest BCUT2D eigenvalue weighted by Gasteiger charge is 2.27. The molecule has 1 saturated heterocycles. The standard InChI is InChI=1S/C11H24N2O2S/c1-2-3-4-5-8-13-9-6-7-11(13)10-16(12,14)15/h11H,2-10H2,1H3,(H2,12,14,15). The first-order chi connectivity index (χ1) is 7.53. The normalized spacial score (nSPS) is 22.8. The van der Waals surface area contributed by atoms with E-state index < -0.39 is 10.0 Å². The Kier molecular flexibility index (Phi) is 5.72. The van der Waals surface area contributed by atoms with Crippen LogP contribution < -0.4 is 5.14 Å². The lowest BCUT2D eigenvalue weighted by Crippen LogP contribution is -2.37. The fraction of sp³-hybridized carbons (Fsp3) is 1.00. The molecule has 0 aromatic carbocycles. The van der Waals surface area contributed by atoms with Crippen molar-refractivity contribution in [3.05, 3.63) is 0 Å². The van der Waals surface area contributed by atoms with Crippen LogP contribution >= 0.6 is 0 Å². The summed E-state index contributed by atoms with van der Waals surface area (Å²) in [5.74, 6) is 0.126. The minimum atomic E-state index is -3.32. The second kappa shape index (κ2) is 6.57. The molecule has 1 unspecified atom stereocenters. The van der Waals surface area contributed by atoms with Crippen molar-refractivity contribution in [1.82, 2.24) is 4.90 Å². The molecule has 0 aromatic heterocycles. The van der Waals surface area contributed by atoms with Crippen molar-refractivity contribution < 1.29 is 8.42 Å². The van der Waals surface area contributed by atoms with Crippen LogP contribution in [-0.4, -0.2) is 38.2 Å². The summed E-state index contributed by atoms with van der Waals surface area (Å²) < 4.78 is 22.1. The molecule has 16 heavy (non-hydrogen) atoms. The molecule has 5 heteroatoms. The zero-order valence-corrected chi connectivity index (χ0v) is 11.0. The Morgan fingerprint density at radius 3 is 2.69 bits per heavy atom. The van der Waals surface area contributed by atoms with Gasteiger partial charge in [-0.3, -0.25) is 4.90 Å². The highest BCUT2D eigenvalue weighted by Crippen LogP contribution is 2.19. The third-order valence-electron chi connectivity index (χ3n) is 3.22. The van der Waals surface area contributed by atoms with Gasteiger partial charge in [0.05, 0.1) is 5.75 Å². The number of nitrogens with zero attached hydrogens (tertiary/aromatic N) is 1. The number of nitrogens with two attached hydrogens (primary N) is 1. The van der Waals surface area contributed by atoms with Gasteiger partial charge in [-0.15, -0.1) is 0 Å². The van der Waals surface area contributed by atoms with Gasteiger partial charge in [-0.2, -0.15) is 0 Å². The highest BCUT2D eigenvalue weighted by molar-refractivity contribution is 7.89. The molecule has 4 nitrogen and oxygen atoms in total. The Labute approximate surface area is 99.2 Å². The molecule has 1 atom stereocenters. The average molecular weight is 248 g/mol. The molecular weight excluding hydrogens is 224 g/mol. The maximum atomic E-state index is 11.1. The van der Waals surface area contributed by atoms with E-state index in [1.807, 2.05) is 0 Å². The van der Waals surface area contributed by atoms with Crippen LogP contribution in [0.1, 0.15) is 45.4 Å². The number of primary sulfonamides is 1. The SMILES string of the molecule is CCCCCCN1CCCC1CS(N)(=O)=O. The number of likely N-dealkylation sites (tertiary alicyclic amines) is 1. The summed E-state index contributed by atoms with van der Waals surface area (Å²) in [6.07, 6.45) is 7.01. The third kappa shape index (κ3) is 5.27. The molecule has 0 aliphatic carbocycles. The first kappa shape index (κ1) is 13.9. The molecule has 1 rings (SSSR count). The zero-order chi connectivity index (χ0) is 12.0. The van der Waals surface area contributed by atoms with E-state index in [4.69, 9.17) is 5.14 Å². The van der Waals surface area contributed by atoms with Crippen molar-refractivity contribution in [2.75, 3.05) is 18.8 Å². The first-order valence-electron chi connectivity index (χ1n) is 6.27. The second-order valence-corrected chi connectivity index (χ2v) is 6.38. The number of sulfonamides is 1. The van der Waals surface area contributed by atoms with Crippen molar-refractivity contribution in [2.24, 2.45) is 5.14 Å². The Morgan fingerprint density at radius 1 is 1.31 bits per heavy atom. The summed E-state index contributed by atoms with van der Waals surface area (Å²) in [6, 6.07) is 0.164. The molecule has 1 aliphatic heterocycles. The van der Waals surface area contributed by atoms with E-state index in [-0.39, 0.29) is 11.8 Å². The van der Waals surface area contributed by atoms with E-state index in [0.29, 0.717) is 0 Å². The maximum Gasteiger partial charge on any atom is 0.210 e. The lowest BCUT2D eigenvalue weighted by atomic mass is 10.2. The van der Waals surface area contributed by atoms with Gasteiger partial charge in [0.15, 0.2) is 0 Å². The third-order valence-corrected chi connectivity index (χ3v) is 4.07. The fourth-order valence-electron chi connectivity index (χ4n) is 2.39. The maximum absolute atomic E-state index is 11.1. The molecular formula is C11H24N2O2S. The molecule has 0 radical (unpaired) electrons. The zero-order valence-electron chi connectivity index (χ0n) is 10.2. The largest absolute Gasteiger partial charge is 0.299 e. The van der Waals surface area contributed by atoms with E-state index in [9.17, 15) is 8.42 Å². The van der Waals surface area contributed by atoms with E-state index in [2.05, 4.69) is 11.8 Å². The van der Waals surface area contributed by atoms with Crippen LogP contribution in [0.25, 0.3) is 0 Å². The molecule has 2 N–H and O–H groups in total. The van der Waals surface area contributed by atoms with Crippen molar-refractivity contribution in [3.8, 4) is 0 Å². The van der Waals surface area contributed by atoms with Crippen molar-refractivity contribution in [1.29, 1.82) is 0 Å². The van der Waals surface area contributed by atoms with Gasteiger partial charge in [0.25, 0.3) is 0 Å². The molecule has 0 spiro atoms. The summed E-state index contributed by atoms with van der Waals surface area (Å²) in [7, 11) is -3.32. The predicted molar refractivity (Wildman–Crippen MR) is 66.7 cm³/mol. The number of rotatable bonds is 7. The summed E-state index contributed by atoms with van der Waals surface area (Å²) >= 11 is 0. The van der Waals surface area contributed by atoms with Gasteiger partial charge >= 0.3 is 0 Å². The second-order valence-electron chi connectivity index (χ2n) is 4.72. The summed E-state index contributed by atoms with van der Waals surface area (Å²) in [6.45, 7) is 4.26. The summed E-state index contributed by atoms with van der Waals surface area (Å²) in [5.41, 5.74) is 0. The van der Waals surface area contributed by atoms with E-state index >= 15 is 0 Å². The number of unbranched alkanes of at least 4 members (excludes halogenated alkanes) is 3. The quantitative estimate of drug-likeness (QED) is 0.691. The lowest BCUT2D eigenvalue weighted by molar-refractivity contribution is 0.263. The Bertz CT molecular complexity index is 290. The molecule has 1 aliphatic rings. The average Bonchev–Trinajstić information content (AvgIpc) is 2.58. The Morgan fingerprint density at radius 2 is 2.06 bits per heavy atom.